The minimum absolute atomic E-state index is 0.0747. The van der Waals surface area contributed by atoms with Crippen LogP contribution >= 0.6 is 0 Å². The largest absolute Gasteiger partial charge is 0.379 e. The lowest BCUT2D eigenvalue weighted by Crippen LogP contribution is -2.51. The zero-order valence-electron chi connectivity index (χ0n) is 35.8. The molecule has 3 fully saturated rings. The highest BCUT2D eigenvalue weighted by molar-refractivity contribution is 5.75. The molecular weight excluding hydrogens is 655 g/mol. The van der Waals surface area contributed by atoms with Crippen molar-refractivity contribution in [2.24, 2.45) is 62.8 Å². The minimum Gasteiger partial charge on any atom is -0.379 e. The highest BCUT2D eigenvalue weighted by atomic mass is 16.5. The molecule has 0 amide bonds. The average Bonchev–Trinajstić information content (AvgIpc) is 3.49. The van der Waals surface area contributed by atoms with Gasteiger partial charge in [-0.1, -0.05) is 130 Å². The number of fused-ring (bicyclic) bond motifs is 5. The van der Waals surface area contributed by atoms with Crippen LogP contribution < -0.4 is 11.5 Å². The van der Waals surface area contributed by atoms with Crippen LogP contribution in [-0.2, 0) is 14.2 Å². The Balaban J connectivity index is 1.07. The van der Waals surface area contributed by atoms with Crippen molar-refractivity contribution in [1.29, 1.82) is 0 Å². The first-order chi connectivity index (χ1) is 25.6. The van der Waals surface area contributed by atoms with E-state index in [0.29, 0.717) is 30.1 Å². The fourth-order valence-corrected chi connectivity index (χ4v) is 11.8. The van der Waals surface area contributed by atoms with Crippen LogP contribution in [0.25, 0.3) is 0 Å². The molecule has 0 aromatic carbocycles. The molecule has 0 aliphatic heterocycles. The van der Waals surface area contributed by atoms with Crippen LogP contribution in [0.5, 0.6) is 0 Å². The second-order valence-corrected chi connectivity index (χ2v) is 19.2. The predicted octanol–water partition coefficient (Wildman–Crippen LogP) is 11.8. The van der Waals surface area contributed by atoms with Crippen molar-refractivity contribution in [2.75, 3.05) is 33.0 Å². The van der Waals surface area contributed by atoms with E-state index in [0.717, 1.165) is 68.2 Å². The Morgan fingerprint density at radius 3 is 2.21 bits per heavy atom. The molecule has 9 atom stereocenters. The minimum atomic E-state index is -0.0747. The number of rotatable bonds is 27. The van der Waals surface area contributed by atoms with Crippen LogP contribution in [0.4, 0.5) is 0 Å². The van der Waals surface area contributed by atoms with Crippen LogP contribution in [0.2, 0.25) is 0 Å². The number of nitrogens with zero attached hydrogens (tertiary/aromatic N) is 1. The van der Waals surface area contributed by atoms with Gasteiger partial charge in [-0.05, 0) is 117 Å². The van der Waals surface area contributed by atoms with Gasteiger partial charge in [-0.25, -0.2) is 0 Å². The number of unbranched alkanes of at least 4 members (excludes halogenated alkanes) is 10. The molecule has 4 rings (SSSR count). The third-order valence-corrected chi connectivity index (χ3v) is 14.9. The normalized spacial score (nSPS) is 30.7. The topological polar surface area (TPSA) is 92.1 Å². The van der Waals surface area contributed by atoms with Gasteiger partial charge in [0.05, 0.1) is 19.3 Å². The van der Waals surface area contributed by atoms with Gasteiger partial charge in [0.25, 0.3) is 0 Å². The van der Waals surface area contributed by atoms with E-state index in [2.05, 4.69) is 52.6 Å². The van der Waals surface area contributed by atoms with Crippen molar-refractivity contribution in [3.05, 3.63) is 11.6 Å². The third-order valence-electron chi connectivity index (χ3n) is 14.9. The van der Waals surface area contributed by atoms with Gasteiger partial charge in [-0.3, -0.25) is 4.99 Å². The summed E-state index contributed by atoms with van der Waals surface area (Å²) in [4.78, 5) is 4.19. The Kier molecular flexibility index (Phi) is 19.5. The first-order valence-corrected chi connectivity index (χ1v) is 23.1. The summed E-state index contributed by atoms with van der Waals surface area (Å²) in [5, 5.41) is 0. The van der Waals surface area contributed by atoms with E-state index < -0.39 is 0 Å². The van der Waals surface area contributed by atoms with Crippen molar-refractivity contribution in [2.45, 2.75) is 201 Å². The number of aliphatic imine (C=N–C) groups is 1. The zero-order valence-corrected chi connectivity index (χ0v) is 35.8. The molecule has 3 saturated carbocycles. The Morgan fingerprint density at radius 2 is 1.49 bits per heavy atom. The maximum absolute atomic E-state index is 6.57. The van der Waals surface area contributed by atoms with Crippen molar-refractivity contribution in [1.82, 2.24) is 0 Å². The Bertz CT molecular complexity index is 1070. The van der Waals surface area contributed by atoms with Crippen molar-refractivity contribution < 1.29 is 14.2 Å². The third kappa shape index (κ3) is 13.5. The molecule has 0 aromatic rings. The van der Waals surface area contributed by atoms with E-state index in [1.165, 1.54) is 135 Å². The van der Waals surface area contributed by atoms with Crippen LogP contribution in [-0.4, -0.2) is 51.1 Å². The molecule has 4 N–H and O–H groups in total. The summed E-state index contributed by atoms with van der Waals surface area (Å²) >= 11 is 0. The molecule has 0 saturated heterocycles. The molecule has 6 nitrogen and oxygen atoms in total. The highest BCUT2D eigenvalue weighted by Gasteiger charge is 2.59. The molecule has 4 aliphatic rings. The molecule has 0 spiro atoms. The van der Waals surface area contributed by atoms with Crippen LogP contribution in [0.1, 0.15) is 189 Å². The summed E-state index contributed by atoms with van der Waals surface area (Å²) in [6, 6.07) is 0. The van der Waals surface area contributed by atoms with E-state index in [9.17, 15) is 0 Å². The SMILES string of the molecule is CCCCCCCCOC[C@@H](CN=C(N)N)OCCCCCCCCO[C@H]1CC[C@@]2(C)C(=CCC3C2CC[C@@]2(C)C3CC[C@@H]2[C@H](C)CCCC(C)C)C1. The molecule has 53 heavy (non-hydrogen) atoms. The molecule has 0 aromatic heterocycles. The van der Waals surface area contributed by atoms with Crippen LogP contribution in [0.3, 0.4) is 0 Å². The van der Waals surface area contributed by atoms with E-state index >= 15 is 0 Å². The molecule has 6 heteroatoms. The number of hydrogen-bond donors (Lipinski definition) is 2. The van der Waals surface area contributed by atoms with Crippen molar-refractivity contribution in [3.63, 3.8) is 0 Å². The maximum atomic E-state index is 6.57. The summed E-state index contributed by atoms with van der Waals surface area (Å²) in [6.07, 6.45) is 33.2. The van der Waals surface area contributed by atoms with Crippen LogP contribution in [0.15, 0.2) is 16.6 Å². The highest BCUT2D eigenvalue weighted by Crippen LogP contribution is 2.67. The lowest BCUT2D eigenvalue weighted by Gasteiger charge is -2.58. The summed E-state index contributed by atoms with van der Waals surface area (Å²) < 4.78 is 18.6. The van der Waals surface area contributed by atoms with Gasteiger partial charge in [0.2, 0.25) is 0 Å². The maximum Gasteiger partial charge on any atom is 0.186 e. The molecule has 308 valence electrons. The lowest BCUT2D eigenvalue weighted by atomic mass is 9.47. The van der Waals surface area contributed by atoms with E-state index in [4.69, 9.17) is 25.7 Å². The first-order valence-electron chi connectivity index (χ1n) is 23.1. The smallest absolute Gasteiger partial charge is 0.186 e. The molecule has 0 heterocycles. The van der Waals surface area contributed by atoms with E-state index in [1.54, 1.807) is 5.57 Å². The summed E-state index contributed by atoms with van der Waals surface area (Å²) in [7, 11) is 0. The van der Waals surface area contributed by atoms with Gasteiger partial charge in [0.15, 0.2) is 5.96 Å². The molecular formula is C47H87N3O3. The van der Waals surface area contributed by atoms with E-state index in [-0.39, 0.29) is 12.1 Å². The van der Waals surface area contributed by atoms with Gasteiger partial charge in [-0.15, -0.1) is 0 Å². The fraction of sp³-hybridized carbons (Fsp3) is 0.936. The molecule has 4 aliphatic carbocycles. The second-order valence-electron chi connectivity index (χ2n) is 19.2. The summed E-state index contributed by atoms with van der Waals surface area (Å²) in [6.45, 7) is 18.5. The summed E-state index contributed by atoms with van der Waals surface area (Å²) in [5.74, 6) is 5.56. The fourth-order valence-electron chi connectivity index (χ4n) is 11.8. The van der Waals surface area contributed by atoms with E-state index in [1.807, 2.05) is 0 Å². The number of nitrogens with two attached hydrogens (primary N) is 2. The number of allylic oxidation sites excluding steroid dienone is 1. The van der Waals surface area contributed by atoms with Gasteiger partial charge in [0, 0.05) is 19.8 Å². The van der Waals surface area contributed by atoms with Gasteiger partial charge in [-0.2, -0.15) is 0 Å². The van der Waals surface area contributed by atoms with Crippen molar-refractivity contribution in [3.8, 4) is 0 Å². The summed E-state index contributed by atoms with van der Waals surface area (Å²) in [5.41, 5.74) is 13.9. The second kappa shape index (κ2) is 23.2. The zero-order chi connectivity index (χ0) is 38.1. The Morgan fingerprint density at radius 1 is 0.792 bits per heavy atom. The quantitative estimate of drug-likeness (QED) is 0.0378. The lowest BCUT2D eigenvalue weighted by molar-refractivity contribution is -0.0641. The number of hydrogen-bond acceptors (Lipinski definition) is 4. The Hall–Kier alpha value is -1.11. The van der Waals surface area contributed by atoms with Gasteiger partial charge < -0.3 is 25.7 Å². The van der Waals surface area contributed by atoms with Crippen molar-refractivity contribution >= 4 is 5.96 Å². The monoisotopic (exact) mass is 742 g/mol. The Labute approximate surface area is 328 Å². The number of guanidine groups is 1. The standard InChI is InChI=1S/C47H87N3O3/c1-7-8-9-10-13-16-30-51-35-40(34-50-45(48)49)53-32-18-15-12-11-14-17-31-52-39-26-28-46(5)38(33-39)22-23-41-43-25-24-42(37(4)21-19-20-36(2)3)47(43,6)29-27-44(41)46/h22,36-37,39-44H,7-21,23-35H2,1-6H3,(H4,48,49,50)/t37-,39+,40-,41?,42-,43?,44?,46+,47-/m1/s1. The van der Waals surface area contributed by atoms with Gasteiger partial charge in [0.1, 0.15) is 6.10 Å². The molecule has 0 radical (unpaired) electrons. The van der Waals surface area contributed by atoms with Gasteiger partial charge >= 0.3 is 0 Å². The molecule has 3 unspecified atom stereocenters. The predicted molar refractivity (Wildman–Crippen MR) is 225 cm³/mol. The first kappa shape index (κ1) is 44.6. The number of ether oxygens (including phenoxy) is 3. The molecule has 0 bridgehead atoms. The van der Waals surface area contributed by atoms with Crippen LogP contribution in [0, 0.1) is 46.3 Å². The average molecular weight is 742 g/mol.